The van der Waals surface area contributed by atoms with E-state index in [9.17, 15) is 4.79 Å². The summed E-state index contributed by atoms with van der Waals surface area (Å²) in [5.74, 6) is 1.91. The molecule has 2 fully saturated rings. The summed E-state index contributed by atoms with van der Waals surface area (Å²) in [5.41, 5.74) is 1.21. The number of halogens is 1. The number of guanidine groups is 1. The van der Waals surface area contributed by atoms with Crippen molar-refractivity contribution < 1.29 is 9.53 Å². The van der Waals surface area contributed by atoms with Crippen molar-refractivity contribution in [3.8, 4) is 0 Å². The maximum atomic E-state index is 11.9. The Morgan fingerprint density at radius 3 is 2.62 bits per heavy atom. The summed E-state index contributed by atoms with van der Waals surface area (Å²) in [6.45, 7) is 6.86. The van der Waals surface area contributed by atoms with Crippen LogP contribution in [0.25, 0.3) is 0 Å². The summed E-state index contributed by atoms with van der Waals surface area (Å²) in [4.78, 5) is 25.5. The largest absolute Gasteiger partial charge is 0.466 e. The normalized spacial score (nSPS) is 18.2. The predicted molar refractivity (Wildman–Crippen MR) is 127 cm³/mol. The first-order valence-electron chi connectivity index (χ1n) is 10.5. The number of hydrogen-bond donors (Lipinski definition) is 1. The summed E-state index contributed by atoms with van der Waals surface area (Å²) in [6, 6.07) is 4.24. The highest BCUT2D eigenvalue weighted by molar-refractivity contribution is 14.0. The molecule has 0 amide bonds. The Labute approximate surface area is 191 Å². The molecule has 7 nitrogen and oxygen atoms in total. The molecule has 0 saturated carbocycles. The first-order valence-corrected chi connectivity index (χ1v) is 10.5. The highest BCUT2D eigenvalue weighted by Crippen LogP contribution is 2.20. The molecule has 29 heavy (non-hydrogen) atoms. The zero-order chi connectivity index (χ0) is 19.8. The number of pyridine rings is 1. The van der Waals surface area contributed by atoms with Crippen molar-refractivity contribution in [2.45, 2.75) is 45.6 Å². The Balaban J connectivity index is 0.00000300. The van der Waals surface area contributed by atoms with Gasteiger partial charge in [-0.25, -0.2) is 4.98 Å². The van der Waals surface area contributed by atoms with Gasteiger partial charge in [0.05, 0.1) is 12.5 Å². The average Bonchev–Trinajstić information content (AvgIpc) is 2.75. The lowest BCUT2D eigenvalue weighted by Gasteiger charge is -2.33. The molecule has 3 rings (SSSR count). The molecule has 0 unspecified atom stereocenters. The molecule has 2 saturated heterocycles. The van der Waals surface area contributed by atoms with Gasteiger partial charge in [-0.05, 0) is 56.7 Å². The zero-order valence-electron chi connectivity index (χ0n) is 17.6. The van der Waals surface area contributed by atoms with E-state index in [1.54, 1.807) is 0 Å². The Hall–Kier alpha value is -1.58. The van der Waals surface area contributed by atoms with Crippen molar-refractivity contribution in [1.29, 1.82) is 0 Å². The first kappa shape index (κ1) is 23.7. The third-order valence-electron chi connectivity index (χ3n) is 5.57. The summed E-state index contributed by atoms with van der Waals surface area (Å²) in [5, 5.41) is 3.47. The standard InChI is InChI=1S/C21H33N5O2.HI/c1-3-28-20(27)18-8-13-26(14-9-18)21(22-2)24-16-17-7-10-23-19(15-17)25-11-5-4-6-12-25;/h7,10,15,18H,3-6,8-9,11-14,16H2,1-2H3,(H,22,24);1H. The van der Waals surface area contributed by atoms with Crippen molar-refractivity contribution in [3.05, 3.63) is 23.9 Å². The Kier molecular flexibility index (Phi) is 9.96. The fourth-order valence-corrected chi connectivity index (χ4v) is 3.97. The van der Waals surface area contributed by atoms with Crippen LogP contribution in [-0.2, 0) is 16.1 Å². The van der Waals surface area contributed by atoms with Gasteiger partial charge in [-0.1, -0.05) is 0 Å². The zero-order valence-corrected chi connectivity index (χ0v) is 19.9. The van der Waals surface area contributed by atoms with Gasteiger partial charge >= 0.3 is 5.97 Å². The highest BCUT2D eigenvalue weighted by atomic mass is 127. The number of rotatable bonds is 5. The number of nitrogens with zero attached hydrogens (tertiary/aromatic N) is 4. The van der Waals surface area contributed by atoms with Crippen molar-refractivity contribution in [3.63, 3.8) is 0 Å². The number of hydrogen-bond acceptors (Lipinski definition) is 5. The Bertz CT molecular complexity index is 671. The van der Waals surface area contributed by atoms with Crippen LogP contribution in [0.4, 0.5) is 5.82 Å². The first-order chi connectivity index (χ1) is 13.7. The van der Waals surface area contributed by atoms with Gasteiger partial charge < -0.3 is 19.9 Å². The Morgan fingerprint density at radius 2 is 1.97 bits per heavy atom. The van der Waals surface area contributed by atoms with Gasteiger partial charge in [-0.15, -0.1) is 24.0 Å². The van der Waals surface area contributed by atoms with E-state index in [0.29, 0.717) is 13.2 Å². The van der Waals surface area contributed by atoms with Crippen LogP contribution in [0, 0.1) is 5.92 Å². The lowest BCUT2D eigenvalue weighted by Crippen LogP contribution is -2.46. The summed E-state index contributed by atoms with van der Waals surface area (Å²) in [6.07, 6.45) is 7.34. The molecule has 8 heteroatoms. The third kappa shape index (κ3) is 6.72. The van der Waals surface area contributed by atoms with Gasteiger partial charge in [0.25, 0.3) is 0 Å². The molecule has 2 aliphatic rings. The maximum Gasteiger partial charge on any atom is 0.309 e. The van der Waals surface area contributed by atoms with Crippen molar-refractivity contribution in [1.82, 2.24) is 15.2 Å². The predicted octanol–water partition coefficient (Wildman–Crippen LogP) is 3.04. The van der Waals surface area contributed by atoms with E-state index in [1.807, 2.05) is 20.2 Å². The molecular formula is C21H34IN5O2. The number of likely N-dealkylation sites (tertiary alicyclic amines) is 1. The van der Waals surface area contributed by atoms with Gasteiger partial charge in [0, 0.05) is 46.0 Å². The van der Waals surface area contributed by atoms with Crippen LogP contribution < -0.4 is 10.2 Å². The molecule has 2 aliphatic heterocycles. The number of piperidine rings is 2. The van der Waals surface area contributed by atoms with Crippen LogP contribution in [0.5, 0.6) is 0 Å². The molecule has 1 aromatic rings. The molecular weight excluding hydrogens is 481 g/mol. The van der Waals surface area contributed by atoms with Crippen LogP contribution in [-0.4, -0.2) is 61.6 Å². The number of carbonyl (C=O) groups excluding carboxylic acids is 1. The molecule has 0 aromatic carbocycles. The van der Waals surface area contributed by atoms with Crippen LogP contribution in [0.2, 0.25) is 0 Å². The van der Waals surface area contributed by atoms with E-state index in [2.05, 4.69) is 37.2 Å². The second-order valence-electron chi connectivity index (χ2n) is 7.48. The quantitative estimate of drug-likeness (QED) is 0.282. The number of nitrogens with one attached hydrogen (secondary N) is 1. The summed E-state index contributed by atoms with van der Waals surface area (Å²) < 4.78 is 5.16. The van der Waals surface area contributed by atoms with Crippen LogP contribution in [0.15, 0.2) is 23.3 Å². The summed E-state index contributed by atoms with van der Waals surface area (Å²) >= 11 is 0. The molecule has 1 N–H and O–H groups in total. The third-order valence-corrected chi connectivity index (χ3v) is 5.57. The van der Waals surface area contributed by atoms with Crippen LogP contribution >= 0.6 is 24.0 Å². The number of aliphatic imine (C=N–C) groups is 1. The van der Waals surface area contributed by atoms with Crippen molar-refractivity contribution in [2.24, 2.45) is 10.9 Å². The molecule has 1 aromatic heterocycles. The van der Waals surface area contributed by atoms with E-state index in [-0.39, 0.29) is 35.9 Å². The minimum atomic E-state index is -0.0628. The molecule has 0 aliphatic carbocycles. The second-order valence-corrected chi connectivity index (χ2v) is 7.48. The van der Waals surface area contributed by atoms with Gasteiger partial charge in [0.15, 0.2) is 5.96 Å². The second kappa shape index (κ2) is 12.2. The lowest BCUT2D eigenvalue weighted by atomic mass is 9.97. The maximum absolute atomic E-state index is 11.9. The topological polar surface area (TPSA) is 70.1 Å². The SMILES string of the molecule is CCOC(=O)C1CCN(C(=NC)NCc2ccnc(N3CCCCC3)c2)CC1.I. The van der Waals surface area contributed by atoms with Gasteiger partial charge in [-0.3, -0.25) is 9.79 Å². The van der Waals surface area contributed by atoms with Crippen molar-refractivity contribution >= 4 is 41.7 Å². The summed E-state index contributed by atoms with van der Waals surface area (Å²) in [7, 11) is 1.81. The van der Waals surface area contributed by atoms with Crippen LogP contribution in [0.3, 0.4) is 0 Å². The van der Waals surface area contributed by atoms with E-state index in [4.69, 9.17) is 4.74 Å². The van der Waals surface area contributed by atoms with Gasteiger partial charge in [0.1, 0.15) is 5.82 Å². The molecule has 3 heterocycles. The fourth-order valence-electron chi connectivity index (χ4n) is 3.97. The van der Waals surface area contributed by atoms with Gasteiger partial charge in [-0.2, -0.15) is 0 Å². The van der Waals surface area contributed by atoms with Crippen LogP contribution in [0.1, 0.15) is 44.6 Å². The van der Waals surface area contributed by atoms with Gasteiger partial charge in [0.2, 0.25) is 0 Å². The van der Waals surface area contributed by atoms with Crippen molar-refractivity contribution in [2.75, 3.05) is 44.7 Å². The fraction of sp³-hybridized carbons (Fsp3) is 0.667. The number of esters is 1. The van der Waals surface area contributed by atoms with E-state index >= 15 is 0 Å². The Morgan fingerprint density at radius 1 is 1.24 bits per heavy atom. The number of ether oxygens (including phenoxy) is 1. The van der Waals surface area contributed by atoms with E-state index in [1.165, 1.54) is 24.8 Å². The minimum absolute atomic E-state index is 0. The minimum Gasteiger partial charge on any atom is -0.466 e. The average molecular weight is 515 g/mol. The molecule has 0 bridgehead atoms. The number of aromatic nitrogens is 1. The van der Waals surface area contributed by atoms with E-state index in [0.717, 1.165) is 50.8 Å². The van der Waals surface area contributed by atoms with E-state index < -0.39 is 0 Å². The lowest BCUT2D eigenvalue weighted by molar-refractivity contribution is -0.149. The molecule has 0 atom stereocenters. The number of carbonyl (C=O) groups is 1. The molecule has 0 spiro atoms. The molecule has 162 valence electrons. The highest BCUT2D eigenvalue weighted by Gasteiger charge is 2.27. The molecule has 0 radical (unpaired) electrons. The smallest absolute Gasteiger partial charge is 0.309 e. The number of anilines is 1. The monoisotopic (exact) mass is 515 g/mol.